The van der Waals surface area contributed by atoms with E-state index in [4.69, 9.17) is 22.5 Å². The minimum atomic E-state index is -0.414. The Morgan fingerprint density at radius 3 is 2.88 bits per heavy atom. The first-order chi connectivity index (χ1) is 7.54. The van der Waals surface area contributed by atoms with Gasteiger partial charge in [-0.15, -0.1) is 0 Å². The molecule has 1 amide bonds. The summed E-state index contributed by atoms with van der Waals surface area (Å²) in [7, 11) is 0. The first-order valence-corrected chi connectivity index (χ1v) is 5.44. The summed E-state index contributed by atoms with van der Waals surface area (Å²) in [5.41, 5.74) is 6.14. The SMILES string of the molecule is CCC(C(=O)NCc1cc(C)on1)C(N)=S. The molecular weight excluding hydrogens is 226 g/mol. The monoisotopic (exact) mass is 241 g/mol. The standard InChI is InChI=1S/C10H15N3O2S/c1-3-8(9(11)16)10(14)12-5-7-4-6(2)15-13-7/h4,8H,3,5H2,1-2H3,(H2,11,16)(H,12,14). The molecule has 1 atom stereocenters. The van der Waals surface area contributed by atoms with Crippen LogP contribution in [0.25, 0.3) is 0 Å². The Kier molecular flexibility index (Phi) is 4.42. The van der Waals surface area contributed by atoms with Gasteiger partial charge >= 0.3 is 0 Å². The van der Waals surface area contributed by atoms with E-state index in [1.165, 1.54) is 0 Å². The first-order valence-electron chi connectivity index (χ1n) is 5.03. The zero-order chi connectivity index (χ0) is 12.1. The van der Waals surface area contributed by atoms with Crippen LogP contribution in [0.4, 0.5) is 0 Å². The van der Waals surface area contributed by atoms with Crippen molar-refractivity contribution in [1.82, 2.24) is 10.5 Å². The smallest absolute Gasteiger partial charge is 0.230 e. The fraction of sp³-hybridized carbons (Fsp3) is 0.500. The number of aromatic nitrogens is 1. The van der Waals surface area contributed by atoms with Crippen LogP contribution in [0.15, 0.2) is 10.6 Å². The Balaban J connectivity index is 2.49. The average Bonchev–Trinajstić information content (AvgIpc) is 2.62. The van der Waals surface area contributed by atoms with Crippen molar-refractivity contribution >= 4 is 23.1 Å². The zero-order valence-corrected chi connectivity index (χ0v) is 10.1. The normalized spacial score (nSPS) is 12.1. The number of amides is 1. The van der Waals surface area contributed by atoms with Gasteiger partial charge in [0.15, 0.2) is 0 Å². The fourth-order valence-electron chi connectivity index (χ4n) is 1.32. The maximum absolute atomic E-state index is 11.7. The van der Waals surface area contributed by atoms with Crippen LogP contribution in [-0.2, 0) is 11.3 Å². The molecule has 0 aliphatic heterocycles. The number of nitrogens with zero attached hydrogens (tertiary/aromatic N) is 1. The minimum absolute atomic E-state index is 0.171. The van der Waals surface area contributed by atoms with Gasteiger partial charge in [-0.25, -0.2) is 0 Å². The van der Waals surface area contributed by atoms with Crippen molar-refractivity contribution in [2.45, 2.75) is 26.8 Å². The van der Waals surface area contributed by atoms with Crippen molar-refractivity contribution in [2.75, 3.05) is 0 Å². The van der Waals surface area contributed by atoms with Crippen LogP contribution in [0.2, 0.25) is 0 Å². The number of hydrogen-bond acceptors (Lipinski definition) is 4. The topological polar surface area (TPSA) is 81.2 Å². The summed E-state index contributed by atoms with van der Waals surface area (Å²) in [6, 6.07) is 1.77. The quantitative estimate of drug-likeness (QED) is 0.749. The maximum atomic E-state index is 11.7. The molecule has 1 unspecified atom stereocenters. The third-order valence-corrected chi connectivity index (χ3v) is 2.47. The van der Waals surface area contributed by atoms with Crippen LogP contribution < -0.4 is 11.1 Å². The molecule has 88 valence electrons. The number of carbonyl (C=O) groups excluding carboxylic acids is 1. The summed E-state index contributed by atoms with van der Waals surface area (Å²) < 4.78 is 4.88. The van der Waals surface area contributed by atoms with Gasteiger partial charge < -0.3 is 15.6 Å². The van der Waals surface area contributed by atoms with Crippen LogP contribution in [0.3, 0.4) is 0 Å². The van der Waals surface area contributed by atoms with Gasteiger partial charge in [-0.1, -0.05) is 24.3 Å². The highest BCUT2D eigenvalue weighted by Gasteiger charge is 2.18. The molecule has 1 heterocycles. The molecule has 0 aliphatic carbocycles. The lowest BCUT2D eigenvalue weighted by Crippen LogP contribution is -2.37. The van der Waals surface area contributed by atoms with Crippen LogP contribution in [0, 0.1) is 12.8 Å². The molecule has 0 aromatic carbocycles. The van der Waals surface area contributed by atoms with E-state index in [0.717, 1.165) is 0 Å². The minimum Gasteiger partial charge on any atom is -0.393 e. The van der Waals surface area contributed by atoms with E-state index in [1.807, 2.05) is 6.92 Å². The lowest BCUT2D eigenvalue weighted by molar-refractivity contribution is -0.123. The summed E-state index contributed by atoms with van der Waals surface area (Å²) >= 11 is 4.81. The number of rotatable bonds is 5. The molecule has 1 aromatic rings. The van der Waals surface area contributed by atoms with Crippen molar-refractivity contribution in [2.24, 2.45) is 11.7 Å². The number of aryl methyl sites for hydroxylation is 1. The predicted molar refractivity (Wildman–Crippen MR) is 63.7 cm³/mol. The summed E-state index contributed by atoms with van der Waals surface area (Å²) in [6.07, 6.45) is 0.596. The number of nitrogens with one attached hydrogen (secondary N) is 1. The Bertz CT molecular complexity index is 389. The maximum Gasteiger partial charge on any atom is 0.230 e. The highest BCUT2D eigenvalue weighted by Crippen LogP contribution is 2.05. The van der Waals surface area contributed by atoms with E-state index in [9.17, 15) is 4.79 Å². The molecule has 0 saturated carbocycles. The summed E-state index contributed by atoms with van der Waals surface area (Å²) in [5, 5.41) is 6.48. The third-order valence-electron chi connectivity index (χ3n) is 2.19. The van der Waals surface area contributed by atoms with Gasteiger partial charge in [-0.05, 0) is 13.3 Å². The molecule has 0 fully saturated rings. The summed E-state index contributed by atoms with van der Waals surface area (Å²) in [5.74, 6) is 0.129. The van der Waals surface area contributed by atoms with E-state index in [0.29, 0.717) is 24.4 Å². The van der Waals surface area contributed by atoms with E-state index in [-0.39, 0.29) is 10.9 Å². The Hall–Kier alpha value is -1.43. The first kappa shape index (κ1) is 12.6. The van der Waals surface area contributed by atoms with Crippen LogP contribution in [0.1, 0.15) is 24.8 Å². The van der Waals surface area contributed by atoms with Gasteiger partial charge in [0, 0.05) is 6.07 Å². The summed E-state index contributed by atoms with van der Waals surface area (Å²) in [6.45, 7) is 3.99. The lowest BCUT2D eigenvalue weighted by atomic mass is 10.1. The van der Waals surface area contributed by atoms with Crippen molar-refractivity contribution in [3.05, 3.63) is 17.5 Å². The highest BCUT2D eigenvalue weighted by atomic mass is 32.1. The van der Waals surface area contributed by atoms with Crippen molar-refractivity contribution in [1.29, 1.82) is 0 Å². The van der Waals surface area contributed by atoms with Crippen molar-refractivity contribution < 1.29 is 9.32 Å². The summed E-state index contributed by atoms with van der Waals surface area (Å²) in [4.78, 5) is 11.9. The number of thiocarbonyl (C=S) groups is 1. The van der Waals surface area contributed by atoms with Crippen LogP contribution >= 0.6 is 12.2 Å². The second kappa shape index (κ2) is 5.60. The number of carbonyl (C=O) groups is 1. The molecule has 16 heavy (non-hydrogen) atoms. The predicted octanol–water partition coefficient (Wildman–Crippen LogP) is 0.912. The van der Waals surface area contributed by atoms with Crippen molar-refractivity contribution in [3.63, 3.8) is 0 Å². The van der Waals surface area contributed by atoms with Gasteiger partial charge in [0.1, 0.15) is 11.5 Å². The molecule has 0 bridgehead atoms. The van der Waals surface area contributed by atoms with Crippen LogP contribution in [-0.4, -0.2) is 16.1 Å². The van der Waals surface area contributed by atoms with Crippen LogP contribution in [0.5, 0.6) is 0 Å². The molecule has 0 radical (unpaired) electrons. The second-order valence-corrected chi connectivity index (χ2v) is 3.98. The van der Waals surface area contributed by atoms with Gasteiger partial charge in [0.25, 0.3) is 0 Å². The molecule has 1 rings (SSSR count). The fourth-order valence-corrected chi connectivity index (χ4v) is 1.59. The molecule has 0 aliphatic rings. The molecule has 5 nitrogen and oxygen atoms in total. The van der Waals surface area contributed by atoms with Gasteiger partial charge in [0.2, 0.25) is 5.91 Å². The Labute approximate surface area is 99.4 Å². The molecular formula is C10H15N3O2S. The van der Waals surface area contributed by atoms with Gasteiger partial charge in [-0.2, -0.15) is 0 Å². The van der Waals surface area contributed by atoms with Crippen molar-refractivity contribution in [3.8, 4) is 0 Å². The largest absolute Gasteiger partial charge is 0.393 e. The Morgan fingerprint density at radius 2 is 2.44 bits per heavy atom. The number of hydrogen-bond donors (Lipinski definition) is 2. The van der Waals surface area contributed by atoms with E-state index >= 15 is 0 Å². The molecule has 0 spiro atoms. The molecule has 6 heteroatoms. The molecule has 0 saturated heterocycles. The van der Waals surface area contributed by atoms with Gasteiger partial charge in [0.05, 0.1) is 17.5 Å². The van der Waals surface area contributed by atoms with E-state index < -0.39 is 5.92 Å². The van der Waals surface area contributed by atoms with Gasteiger partial charge in [-0.3, -0.25) is 4.79 Å². The average molecular weight is 241 g/mol. The highest BCUT2D eigenvalue weighted by molar-refractivity contribution is 7.80. The lowest BCUT2D eigenvalue weighted by Gasteiger charge is -2.12. The third kappa shape index (κ3) is 3.30. The zero-order valence-electron chi connectivity index (χ0n) is 9.32. The Morgan fingerprint density at radius 1 is 1.75 bits per heavy atom. The van der Waals surface area contributed by atoms with E-state index in [1.54, 1.807) is 13.0 Å². The molecule has 3 N–H and O–H groups in total. The van der Waals surface area contributed by atoms with E-state index in [2.05, 4.69) is 10.5 Å². The second-order valence-electron chi connectivity index (χ2n) is 3.51. The molecule has 1 aromatic heterocycles. The number of nitrogens with two attached hydrogens (primary N) is 1.